The number of para-hydroxylation sites is 1. The molecule has 0 spiro atoms. The second kappa shape index (κ2) is 6.23. The molecule has 122 valence electrons. The summed E-state index contributed by atoms with van der Waals surface area (Å²) in [6, 6.07) is 9.34. The van der Waals surface area contributed by atoms with E-state index in [-0.39, 0.29) is 17.3 Å². The maximum absolute atomic E-state index is 13.7. The van der Waals surface area contributed by atoms with E-state index in [1.807, 2.05) is 0 Å². The average Bonchev–Trinajstić information content (AvgIpc) is 2.57. The SMILES string of the molecule is Fc1ccccc1Nc1cc(C(F)(F)F)nc(-c2ccncc2)n1. The summed E-state index contributed by atoms with van der Waals surface area (Å²) in [5.74, 6) is -0.893. The second-order valence-electron chi connectivity index (χ2n) is 4.80. The van der Waals surface area contributed by atoms with Gasteiger partial charge in [-0.1, -0.05) is 12.1 Å². The number of halogens is 4. The third-order valence-electron chi connectivity index (χ3n) is 3.09. The van der Waals surface area contributed by atoms with E-state index in [1.54, 1.807) is 6.07 Å². The van der Waals surface area contributed by atoms with Gasteiger partial charge in [-0.05, 0) is 24.3 Å². The molecule has 0 saturated heterocycles. The number of hydrogen-bond donors (Lipinski definition) is 1. The number of nitrogens with zero attached hydrogens (tertiary/aromatic N) is 3. The van der Waals surface area contributed by atoms with Gasteiger partial charge in [0, 0.05) is 24.0 Å². The van der Waals surface area contributed by atoms with Crippen LogP contribution < -0.4 is 5.32 Å². The summed E-state index contributed by atoms with van der Waals surface area (Å²) in [5.41, 5.74) is -0.735. The first-order valence-corrected chi connectivity index (χ1v) is 6.82. The summed E-state index contributed by atoms with van der Waals surface area (Å²) in [6.45, 7) is 0. The highest BCUT2D eigenvalue weighted by Gasteiger charge is 2.34. The number of anilines is 2. The van der Waals surface area contributed by atoms with Gasteiger partial charge in [-0.15, -0.1) is 0 Å². The van der Waals surface area contributed by atoms with Crippen LogP contribution in [0.25, 0.3) is 11.4 Å². The molecule has 2 aromatic heterocycles. The molecule has 2 heterocycles. The lowest BCUT2D eigenvalue weighted by molar-refractivity contribution is -0.141. The van der Waals surface area contributed by atoms with Gasteiger partial charge in [0.2, 0.25) is 0 Å². The van der Waals surface area contributed by atoms with Gasteiger partial charge in [-0.3, -0.25) is 4.98 Å². The first kappa shape index (κ1) is 15.9. The maximum Gasteiger partial charge on any atom is 0.433 e. The smallest absolute Gasteiger partial charge is 0.338 e. The third-order valence-corrected chi connectivity index (χ3v) is 3.09. The predicted octanol–water partition coefficient (Wildman–Crippen LogP) is 4.44. The fourth-order valence-corrected chi connectivity index (χ4v) is 1.99. The summed E-state index contributed by atoms with van der Waals surface area (Å²) in [5, 5.41) is 2.55. The second-order valence-corrected chi connectivity index (χ2v) is 4.80. The Morgan fingerprint density at radius 2 is 1.62 bits per heavy atom. The van der Waals surface area contributed by atoms with Crippen LogP contribution in [-0.4, -0.2) is 15.0 Å². The van der Waals surface area contributed by atoms with Crippen LogP contribution >= 0.6 is 0 Å². The largest absolute Gasteiger partial charge is 0.433 e. The van der Waals surface area contributed by atoms with Crippen molar-refractivity contribution in [2.75, 3.05) is 5.32 Å². The molecule has 1 N–H and O–H groups in total. The molecule has 0 fully saturated rings. The van der Waals surface area contributed by atoms with Gasteiger partial charge in [0.15, 0.2) is 11.5 Å². The predicted molar refractivity (Wildman–Crippen MR) is 79.9 cm³/mol. The van der Waals surface area contributed by atoms with Gasteiger partial charge in [0.25, 0.3) is 0 Å². The van der Waals surface area contributed by atoms with E-state index in [9.17, 15) is 17.6 Å². The number of rotatable bonds is 3. The van der Waals surface area contributed by atoms with E-state index in [0.29, 0.717) is 5.56 Å². The summed E-state index contributed by atoms with van der Waals surface area (Å²) in [7, 11) is 0. The number of alkyl halides is 3. The summed E-state index contributed by atoms with van der Waals surface area (Å²) in [6.07, 6.45) is -1.82. The van der Waals surface area contributed by atoms with Crippen molar-refractivity contribution in [2.45, 2.75) is 6.18 Å². The molecule has 0 radical (unpaired) electrons. The number of pyridine rings is 1. The topological polar surface area (TPSA) is 50.7 Å². The zero-order chi connectivity index (χ0) is 17.2. The highest BCUT2D eigenvalue weighted by molar-refractivity contribution is 5.62. The first-order valence-electron chi connectivity index (χ1n) is 6.82. The highest BCUT2D eigenvalue weighted by atomic mass is 19.4. The molecule has 0 unspecified atom stereocenters. The van der Waals surface area contributed by atoms with Crippen LogP contribution in [0.2, 0.25) is 0 Å². The molecule has 3 aromatic rings. The van der Waals surface area contributed by atoms with Crippen LogP contribution in [0.4, 0.5) is 29.1 Å². The fraction of sp³-hybridized carbons (Fsp3) is 0.0625. The van der Waals surface area contributed by atoms with E-state index in [0.717, 1.165) is 6.07 Å². The van der Waals surface area contributed by atoms with Crippen molar-refractivity contribution in [1.29, 1.82) is 0 Å². The van der Waals surface area contributed by atoms with Crippen molar-refractivity contribution in [1.82, 2.24) is 15.0 Å². The van der Waals surface area contributed by atoms with Gasteiger partial charge in [0.05, 0.1) is 5.69 Å². The van der Waals surface area contributed by atoms with Crippen molar-refractivity contribution >= 4 is 11.5 Å². The average molecular weight is 334 g/mol. The standard InChI is InChI=1S/C16H10F4N4/c17-11-3-1-2-4-12(11)22-14-9-13(16(18,19)20)23-15(24-14)10-5-7-21-8-6-10/h1-9H,(H,22,23,24). The number of hydrogen-bond acceptors (Lipinski definition) is 4. The van der Waals surface area contributed by atoms with Crippen molar-refractivity contribution in [3.8, 4) is 11.4 Å². The summed E-state index contributed by atoms with van der Waals surface area (Å²) >= 11 is 0. The zero-order valence-electron chi connectivity index (χ0n) is 12.0. The Bertz CT molecular complexity index is 850. The Hall–Kier alpha value is -3.03. The Morgan fingerprint density at radius 1 is 0.917 bits per heavy atom. The molecular formula is C16H10F4N4. The molecule has 0 amide bonds. The lowest BCUT2D eigenvalue weighted by Crippen LogP contribution is -2.11. The molecule has 0 aliphatic heterocycles. The van der Waals surface area contributed by atoms with Crippen LogP contribution in [0.15, 0.2) is 54.9 Å². The van der Waals surface area contributed by atoms with Gasteiger partial charge in [0.1, 0.15) is 11.6 Å². The van der Waals surface area contributed by atoms with Crippen molar-refractivity contribution in [2.24, 2.45) is 0 Å². The number of aromatic nitrogens is 3. The minimum atomic E-state index is -4.66. The molecule has 8 heteroatoms. The van der Waals surface area contributed by atoms with Crippen molar-refractivity contribution in [3.05, 3.63) is 66.4 Å². The van der Waals surface area contributed by atoms with Gasteiger partial charge in [-0.2, -0.15) is 13.2 Å². The van der Waals surface area contributed by atoms with Crippen molar-refractivity contribution < 1.29 is 17.6 Å². The molecule has 1 aromatic carbocycles. The van der Waals surface area contributed by atoms with Crippen LogP contribution in [0.5, 0.6) is 0 Å². The minimum Gasteiger partial charge on any atom is -0.338 e. The Morgan fingerprint density at radius 3 is 2.29 bits per heavy atom. The normalized spacial score (nSPS) is 11.3. The molecule has 4 nitrogen and oxygen atoms in total. The van der Waals surface area contributed by atoms with E-state index < -0.39 is 17.7 Å². The van der Waals surface area contributed by atoms with Gasteiger partial charge < -0.3 is 5.32 Å². The van der Waals surface area contributed by atoms with Gasteiger partial charge in [-0.25, -0.2) is 14.4 Å². The molecule has 0 atom stereocenters. The molecule has 3 rings (SSSR count). The fourth-order valence-electron chi connectivity index (χ4n) is 1.99. The van der Waals surface area contributed by atoms with Crippen molar-refractivity contribution in [3.63, 3.8) is 0 Å². The number of nitrogens with one attached hydrogen (secondary N) is 1. The Kier molecular flexibility index (Phi) is 4.11. The Labute approximate surface area is 134 Å². The summed E-state index contributed by atoms with van der Waals surface area (Å²) in [4.78, 5) is 11.4. The molecule has 0 aliphatic rings. The lowest BCUT2D eigenvalue weighted by Gasteiger charge is -2.12. The summed E-state index contributed by atoms with van der Waals surface area (Å²) < 4.78 is 52.9. The molecule has 0 saturated carbocycles. The molecular weight excluding hydrogens is 324 g/mol. The third kappa shape index (κ3) is 3.48. The van der Waals surface area contributed by atoms with Crippen LogP contribution in [-0.2, 0) is 6.18 Å². The minimum absolute atomic E-state index is 0.0185. The van der Waals surface area contributed by atoms with Crippen LogP contribution in [0.1, 0.15) is 5.69 Å². The first-order chi connectivity index (χ1) is 11.4. The van der Waals surface area contributed by atoms with Gasteiger partial charge >= 0.3 is 6.18 Å². The van der Waals surface area contributed by atoms with E-state index in [2.05, 4.69) is 20.3 Å². The molecule has 0 bridgehead atoms. The maximum atomic E-state index is 13.7. The lowest BCUT2D eigenvalue weighted by atomic mass is 10.2. The van der Waals surface area contributed by atoms with Crippen LogP contribution in [0.3, 0.4) is 0 Å². The quantitative estimate of drug-likeness (QED) is 0.720. The van der Waals surface area contributed by atoms with E-state index >= 15 is 0 Å². The van der Waals surface area contributed by atoms with E-state index in [4.69, 9.17) is 0 Å². The monoisotopic (exact) mass is 334 g/mol. The molecule has 24 heavy (non-hydrogen) atoms. The molecule has 0 aliphatic carbocycles. The zero-order valence-corrected chi connectivity index (χ0v) is 12.0. The van der Waals surface area contributed by atoms with Crippen LogP contribution in [0, 0.1) is 5.82 Å². The Balaban J connectivity index is 2.07. The number of benzene rings is 1. The highest BCUT2D eigenvalue weighted by Crippen LogP contribution is 2.31. The van der Waals surface area contributed by atoms with E-state index in [1.165, 1.54) is 42.7 Å².